The first kappa shape index (κ1) is 25.6. The van der Waals surface area contributed by atoms with Crippen LogP contribution >= 0.6 is 11.8 Å². The largest absolute Gasteiger partial charge is 0.477 e. The van der Waals surface area contributed by atoms with Crippen molar-refractivity contribution in [1.82, 2.24) is 14.7 Å². The van der Waals surface area contributed by atoms with Crippen molar-refractivity contribution in [2.75, 3.05) is 20.6 Å². The fourth-order valence-corrected chi connectivity index (χ4v) is 6.98. The standard InChI is InChI=1S/C24H29F2N3O5S/c1-11-19-18(12(2)30)23(32)29(19)20(24(33)34)21(11)35-13-8-17(22(31)27(3)4)28(9-13)10-14-15(25)6-5-7-16(14)26/h5-7,11-13,17-19,30H,8-10H2,1-4H3,(H,33,34)/t11-,12-,13+,17+,18-,19-/m1/s1. The Bertz CT molecular complexity index is 1070. The molecule has 3 aliphatic heterocycles. The third kappa shape index (κ3) is 4.34. The van der Waals surface area contributed by atoms with Gasteiger partial charge in [-0.05, 0) is 25.5 Å². The van der Waals surface area contributed by atoms with Crippen LogP contribution in [-0.4, -0.2) is 86.8 Å². The number of carbonyl (C=O) groups excluding carboxylic acids is 2. The van der Waals surface area contributed by atoms with E-state index in [0.717, 1.165) is 0 Å². The number of benzene rings is 1. The predicted octanol–water partition coefficient (Wildman–Crippen LogP) is 1.88. The molecule has 2 amide bonds. The molecule has 2 saturated heterocycles. The fourth-order valence-electron chi connectivity index (χ4n) is 5.42. The number of nitrogens with zero attached hydrogens (tertiary/aromatic N) is 3. The van der Waals surface area contributed by atoms with Gasteiger partial charge in [-0.15, -0.1) is 11.8 Å². The van der Waals surface area contributed by atoms with Crippen molar-refractivity contribution < 1.29 is 33.4 Å². The summed E-state index contributed by atoms with van der Waals surface area (Å²) in [6, 6.07) is 2.57. The minimum absolute atomic E-state index is 0.0801. The zero-order valence-corrected chi connectivity index (χ0v) is 20.8. The predicted molar refractivity (Wildman–Crippen MR) is 125 cm³/mol. The van der Waals surface area contributed by atoms with Crippen molar-refractivity contribution in [3.05, 3.63) is 46.0 Å². The van der Waals surface area contributed by atoms with Gasteiger partial charge in [-0.1, -0.05) is 13.0 Å². The molecule has 0 aliphatic carbocycles. The third-order valence-corrected chi connectivity index (χ3v) is 8.61. The number of β-lactam (4-membered cyclic amide) rings is 1. The number of carbonyl (C=O) groups is 3. The summed E-state index contributed by atoms with van der Waals surface area (Å²) in [7, 11) is 3.23. The van der Waals surface area contributed by atoms with E-state index in [9.17, 15) is 33.4 Å². The van der Waals surface area contributed by atoms with E-state index in [0.29, 0.717) is 17.9 Å². The van der Waals surface area contributed by atoms with Crippen molar-refractivity contribution >= 4 is 29.5 Å². The molecule has 1 aromatic carbocycles. The smallest absolute Gasteiger partial charge is 0.353 e. The number of halogens is 2. The number of fused-ring (bicyclic) bond motifs is 1. The summed E-state index contributed by atoms with van der Waals surface area (Å²) in [5.74, 6) is -4.18. The molecule has 0 bridgehead atoms. The van der Waals surface area contributed by atoms with Crippen LogP contribution < -0.4 is 0 Å². The van der Waals surface area contributed by atoms with Gasteiger partial charge >= 0.3 is 5.97 Å². The van der Waals surface area contributed by atoms with E-state index in [1.54, 1.807) is 19.0 Å². The minimum atomic E-state index is -1.22. The summed E-state index contributed by atoms with van der Waals surface area (Å²) in [6.07, 6.45) is -0.537. The number of aliphatic hydroxyl groups is 1. The van der Waals surface area contributed by atoms with Crippen LogP contribution in [0.15, 0.2) is 28.8 Å². The number of aliphatic hydroxyl groups excluding tert-OH is 1. The Labute approximate surface area is 206 Å². The topological polar surface area (TPSA) is 101 Å². The van der Waals surface area contributed by atoms with Crippen LogP contribution in [0.25, 0.3) is 0 Å². The second-order valence-corrected chi connectivity index (χ2v) is 11.0. The van der Waals surface area contributed by atoms with E-state index in [1.165, 1.54) is 46.7 Å². The lowest BCUT2D eigenvalue weighted by atomic mass is 9.79. The van der Waals surface area contributed by atoms with Crippen LogP contribution in [-0.2, 0) is 20.9 Å². The molecule has 0 radical (unpaired) electrons. The Balaban J connectivity index is 1.60. The lowest BCUT2D eigenvalue weighted by Crippen LogP contribution is -2.63. The zero-order valence-electron chi connectivity index (χ0n) is 19.9. The molecule has 0 unspecified atom stereocenters. The van der Waals surface area contributed by atoms with Crippen LogP contribution in [0.2, 0.25) is 0 Å². The van der Waals surface area contributed by atoms with E-state index in [2.05, 4.69) is 0 Å². The zero-order chi connectivity index (χ0) is 25.8. The number of amides is 2. The summed E-state index contributed by atoms with van der Waals surface area (Å²) >= 11 is 1.30. The lowest BCUT2D eigenvalue weighted by Gasteiger charge is -2.46. The quantitative estimate of drug-likeness (QED) is 0.542. The maximum atomic E-state index is 14.3. The van der Waals surface area contributed by atoms with Gasteiger partial charge in [0.05, 0.1) is 24.1 Å². The van der Waals surface area contributed by atoms with Crippen LogP contribution in [0.1, 0.15) is 25.8 Å². The first-order valence-corrected chi connectivity index (χ1v) is 12.3. The van der Waals surface area contributed by atoms with Crippen molar-refractivity contribution in [3.8, 4) is 0 Å². The molecule has 190 valence electrons. The molecular formula is C24H29F2N3O5S. The molecule has 2 N–H and O–H groups in total. The fraction of sp³-hybridized carbons (Fsp3) is 0.542. The van der Waals surface area contributed by atoms with Crippen LogP contribution in [0, 0.1) is 23.5 Å². The summed E-state index contributed by atoms with van der Waals surface area (Å²) in [4.78, 5) is 42.5. The Morgan fingerprint density at radius 1 is 1.26 bits per heavy atom. The summed E-state index contributed by atoms with van der Waals surface area (Å²) in [6.45, 7) is 3.57. The van der Waals surface area contributed by atoms with E-state index >= 15 is 0 Å². The summed E-state index contributed by atoms with van der Waals surface area (Å²) in [5.41, 5.74) is -0.201. The van der Waals surface area contributed by atoms with Crippen molar-refractivity contribution in [2.24, 2.45) is 11.8 Å². The number of hydrogen-bond acceptors (Lipinski definition) is 6. The average Bonchev–Trinajstić information content (AvgIpc) is 3.27. The van der Waals surface area contributed by atoms with E-state index < -0.39 is 47.6 Å². The Morgan fingerprint density at radius 2 is 1.89 bits per heavy atom. The number of aliphatic carboxylic acids is 1. The number of carboxylic acid groups (broad SMARTS) is 1. The highest BCUT2D eigenvalue weighted by molar-refractivity contribution is 8.03. The second kappa shape index (κ2) is 9.51. The molecule has 35 heavy (non-hydrogen) atoms. The molecule has 0 spiro atoms. The van der Waals surface area contributed by atoms with Gasteiger partial charge in [0.15, 0.2) is 0 Å². The molecule has 0 aromatic heterocycles. The van der Waals surface area contributed by atoms with Gasteiger partial charge < -0.3 is 20.0 Å². The average molecular weight is 510 g/mol. The molecule has 0 saturated carbocycles. The first-order valence-electron chi connectivity index (χ1n) is 11.5. The highest BCUT2D eigenvalue weighted by Gasteiger charge is 2.60. The third-order valence-electron chi connectivity index (χ3n) is 7.12. The molecule has 4 rings (SSSR count). The molecule has 8 nitrogen and oxygen atoms in total. The summed E-state index contributed by atoms with van der Waals surface area (Å²) < 4.78 is 28.7. The number of carboxylic acids is 1. The van der Waals surface area contributed by atoms with Gasteiger partial charge in [-0.2, -0.15) is 0 Å². The Kier molecular flexibility index (Phi) is 6.96. The maximum Gasteiger partial charge on any atom is 0.353 e. The number of rotatable bonds is 7. The van der Waals surface area contributed by atoms with E-state index in [4.69, 9.17) is 0 Å². The molecule has 3 aliphatic rings. The van der Waals surface area contributed by atoms with Crippen molar-refractivity contribution in [1.29, 1.82) is 0 Å². The van der Waals surface area contributed by atoms with Gasteiger partial charge in [-0.3, -0.25) is 14.5 Å². The van der Waals surface area contributed by atoms with E-state index in [-0.39, 0.29) is 34.9 Å². The van der Waals surface area contributed by atoms with Crippen LogP contribution in [0.4, 0.5) is 8.78 Å². The number of likely N-dealkylation sites (N-methyl/N-ethyl adjacent to an activating group) is 1. The molecule has 1 aromatic rings. The molecule has 2 fully saturated rings. The number of hydrogen-bond donors (Lipinski definition) is 2. The van der Waals surface area contributed by atoms with E-state index in [1.807, 2.05) is 6.92 Å². The maximum absolute atomic E-state index is 14.3. The normalized spacial score (nSPS) is 29.3. The molecule has 11 heteroatoms. The SMILES string of the molecule is C[C@@H](O)[C@H]1C(=O)N2C(C(=O)O)=C(S[C@H]3C[C@@H](C(=O)N(C)C)N(Cc4c(F)cccc4F)C3)[C@H](C)[C@H]12. The van der Waals surface area contributed by atoms with Crippen molar-refractivity contribution in [2.45, 2.75) is 50.3 Å². The number of likely N-dealkylation sites (tertiary alicyclic amines) is 1. The highest BCUT2D eigenvalue weighted by atomic mass is 32.2. The second-order valence-electron chi connectivity index (χ2n) is 9.63. The van der Waals surface area contributed by atoms with Gasteiger partial charge in [-0.25, -0.2) is 13.6 Å². The van der Waals surface area contributed by atoms with Gasteiger partial charge in [0, 0.05) is 48.8 Å². The lowest BCUT2D eigenvalue weighted by molar-refractivity contribution is -0.163. The van der Waals surface area contributed by atoms with Crippen LogP contribution in [0.3, 0.4) is 0 Å². The molecule has 6 atom stereocenters. The number of thioether (sulfide) groups is 1. The van der Waals surface area contributed by atoms with Crippen molar-refractivity contribution in [3.63, 3.8) is 0 Å². The Morgan fingerprint density at radius 3 is 2.43 bits per heavy atom. The monoisotopic (exact) mass is 509 g/mol. The molecular weight excluding hydrogens is 480 g/mol. The van der Waals surface area contributed by atoms with Gasteiger partial charge in [0.1, 0.15) is 17.3 Å². The minimum Gasteiger partial charge on any atom is -0.477 e. The van der Waals surface area contributed by atoms with Gasteiger partial charge in [0.25, 0.3) is 0 Å². The summed E-state index contributed by atoms with van der Waals surface area (Å²) in [5, 5.41) is 19.7. The van der Waals surface area contributed by atoms with Gasteiger partial charge in [0.2, 0.25) is 11.8 Å². The molecule has 3 heterocycles. The van der Waals surface area contributed by atoms with Crippen LogP contribution in [0.5, 0.6) is 0 Å². The highest BCUT2D eigenvalue weighted by Crippen LogP contribution is 2.52. The Hall–Kier alpha value is -2.50. The first-order chi connectivity index (χ1) is 16.4.